The van der Waals surface area contributed by atoms with Gasteiger partial charge in [-0.1, -0.05) is 50.2 Å². The number of thiophene rings is 1. The van der Waals surface area contributed by atoms with Crippen LogP contribution in [0.15, 0.2) is 82.4 Å². The number of fused-ring (bicyclic) bond motifs is 1. The van der Waals surface area contributed by atoms with Crippen LogP contribution in [-0.4, -0.2) is 53.2 Å². The van der Waals surface area contributed by atoms with Crippen molar-refractivity contribution in [2.45, 2.75) is 26.9 Å². The van der Waals surface area contributed by atoms with Crippen molar-refractivity contribution in [3.63, 3.8) is 0 Å². The Labute approximate surface area is 258 Å². The van der Waals surface area contributed by atoms with Gasteiger partial charge in [0.1, 0.15) is 16.5 Å². The summed E-state index contributed by atoms with van der Waals surface area (Å²) in [6.45, 7) is 3.96. The minimum atomic E-state index is -0.784. The van der Waals surface area contributed by atoms with Gasteiger partial charge < -0.3 is 15.1 Å². The van der Waals surface area contributed by atoms with E-state index in [1.54, 1.807) is 56.6 Å². The van der Waals surface area contributed by atoms with E-state index in [9.17, 15) is 23.2 Å². The molecule has 0 aliphatic rings. The predicted molar refractivity (Wildman–Crippen MR) is 174 cm³/mol. The Hall–Kier alpha value is -4.61. The van der Waals surface area contributed by atoms with Gasteiger partial charge in [0.2, 0.25) is 0 Å². The summed E-state index contributed by atoms with van der Waals surface area (Å²) in [7, 11) is 7.02. The van der Waals surface area contributed by atoms with Crippen LogP contribution in [0.4, 0.5) is 19.3 Å². The first-order valence-corrected chi connectivity index (χ1v) is 14.9. The summed E-state index contributed by atoms with van der Waals surface area (Å²) in [5.74, 6) is -1.57. The number of nitrogens with zero attached hydrogens (tertiary/aromatic N) is 4. The van der Waals surface area contributed by atoms with Crippen LogP contribution >= 0.6 is 11.3 Å². The molecule has 0 saturated heterocycles. The Bertz CT molecular complexity index is 1880. The molecule has 0 aliphatic carbocycles. The van der Waals surface area contributed by atoms with E-state index in [1.165, 1.54) is 26.9 Å². The van der Waals surface area contributed by atoms with E-state index in [0.717, 1.165) is 27.1 Å². The number of para-hydroxylation sites is 1. The number of rotatable bonds is 7. The molecule has 2 amide bonds. The van der Waals surface area contributed by atoms with Crippen LogP contribution in [0.1, 0.15) is 25.0 Å². The number of nitrogens with one attached hydrogen (secondary N) is 1. The third kappa shape index (κ3) is 6.48. The summed E-state index contributed by atoms with van der Waals surface area (Å²) in [4.78, 5) is 44.5. The molecule has 0 fully saturated rings. The Balaban J connectivity index is 0.00000216. The van der Waals surface area contributed by atoms with Crippen LogP contribution in [0.5, 0.6) is 0 Å². The van der Waals surface area contributed by atoms with Crippen molar-refractivity contribution in [1.82, 2.24) is 18.9 Å². The molecule has 11 heteroatoms. The molecule has 0 bridgehead atoms. The number of carbonyl (C=O) groups is 1. The Morgan fingerprint density at radius 2 is 1.45 bits per heavy atom. The number of halogens is 2. The van der Waals surface area contributed by atoms with Gasteiger partial charge in [-0.2, -0.15) is 0 Å². The molecule has 0 atom stereocenters. The van der Waals surface area contributed by atoms with Crippen LogP contribution in [0, 0.1) is 11.6 Å². The van der Waals surface area contributed by atoms with E-state index < -0.39 is 29.4 Å². The molecule has 230 valence electrons. The lowest BCUT2D eigenvalue weighted by Gasteiger charge is -2.15. The van der Waals surface area contributed by atoms with Crippen LogP contribution in [0.3, 0.4) is 0 Å². The molecule has 5 rings (SSSR count). The molecule has 44 heavy (non-hydrogen) atoms. The van der Waals surface area contributed by atoms with Gasteiger partial charge >= 0.3 is 11.7 Å². The average molecular weight is 620 g/mol. The van der Waals surface area contributed by atoms with Crippen LogP contribution in [0.25, 0.3) is 26.3 Å². The molecule has 1 N–H and O–H groups in total. The second-order valence-corrected chi connectivity index (χ2v) is 11.3. The number of aromatic nitrogens is 2. The van der Waals surface area contributed by atoms with Gasteiger partial charge in [0, 0.05) is 36.8 Å². The zero-order valence-corrected chi connectivity index (χ0v) is 26.3. The first-order chi connectivity index (χ1) is 21.1. The van der Waals surface area contributed by atoms with Crippen molar-refractivity contribution in [2.24, 2.45) is 0 Å². The number of anilines is 1. The molecular formula is C33H35F2N5O3S. The number of carbonyl (C=O) groups excluding carboxylic acids is 1. The third-order valence-electron chi connectivity index (χ3n) is 6.74. The van der Waals surface area contributed by atoms with Crippen molar-refractivity contribution < 1.29 is 13.6 Å². The normalized spacial score (nSPS) is 10.9. The number of hydrogen-bond donors (Lipinski definition) is 1. The second kappa shape index (κ2) is 13.8. The molecule has 5 aromatic rings. The lowest BCUT2D eigenvalue weighted by Crippen LogP contribution is -2.39. The highest BCUT2D eigenvalue weighted by Crippen LogP contribution is 2.38. The van der Waals surface area contributed by atoms with Crippen LogP contribution in [-0.2, 0) is 13.1 Å². The fourth-order valence-corrected chi connectivity index (χ4v) is 6.00. The number of benzene rings is 3. The topological polar surface area (TPSA) is 79.6 Å². The summed E-state index contributed by atoms with van der Waals surface area (Å²) >= 11 is 1.22. The monoisotopic (exact) mass is 619 g/mol. The van der Waals surface area contributed by atoms with Gasteiger partial charge in [0.05, 0.1) is 17.6 Å². The van der Waals surface area contributed by atoms with Gasteiger partial charge in [0.25, 0.3) is 5.56 Å². The molecule has 0 spiro atoms. The van der Waals surface area contributed by atoms with Gasteiger partial charge in [-0.3, -0.25) is 9.36 Å². The second-order valence-electron chi connectivity index (χ2n) is 10.3. The highest BCUT2D eigenvalue weighted by atomic mass is 32.1. The molecule has 2 heterocycles. The fourth-order valence-electron chi connectivity index (χ4n) is 4.69. The minimum Gasteiger partial charge on any atom is -0.331 e. The maximum atomic E-state index is 14.8. The first-order valence-electron chi connectivity index (χ1n) is 14.1. The quantitative estimate of drug-likeness (QED) is 0.229. The molecule has 0 unspecified atom stereocenters. The summed E-state index contributed by atoms with van der Waals surface area (Å²) < 4.78 is 31.9. The van der Waals surface area contributed by atoms with Crippen molar-refractivity contribution in [3.8, 4) is 16.1 Å². The fraction of sp³-hybridized carbons (Fsp3) is 0.242. The average Bonchev–Trinajstić information content (AvgIpc) is 3.37. The van der Waals surface area contributed by atoms with E-state index in [-0.39, 0.29) is 11.6 Å². The third-order valence-corrected chi connectivity index (χ3v) is 8.05. The van der Waals surface area contributed by atoms with Crippen LogP contribution < -0.4 is 16.6 Å². The number of amides is 2. The van der Waals surface area contributed by atoms with E-state index in [1.807, 2.05) is 45.0 Å². The molecular weight excluding hydrogens is 584 g/mol. The SMILES string of the molecule is CC.CN(C)Cc1c(-c2ccc(NC(=O)N(C)C)cc2)sc2c1c(=O)n(-c1ccccc1)c(=O)n2Cc1c(F)cccc1F. The predicted octanol–water partition coefficient (Wildman–Crippen LogP) is 6.39. The summed E-state index contributed by atoms with van der Waals surface area (Å²) in [6, 6.07) is 18.9. The maximum absolute atomic E-state index is 14.8. The summed E-state index contributed by atoms with van der Waals surface area (Å²) in [5.41, 5.74) is 0.894. The maximum Gasteiger partial charge on any atom is 0.337 e. The largest absolute Gasteiger partial charge is 0.337 e. The minimum absolute atomic E-state index is 0.274. The molecule has 8 nitrogen and oxygen atoms in total. The van der Waals surface area contributed by atoms with E-state index in [2.05, 4.69) is 5.32 Å². The standard InChI is InChI=1S/C31H29F2N5O3S.C2H6/c1-35(2)17-23-26-28(39)38(21-9-6-5-7-10-21)31(41)37(18-22-24(32)11-8-12-25(22)33)29(26)42-27(23)19-13-15-20(16-14-19)34-30(40)36(3)4;1-2/h5-16H,17-18H2,1-4H3,(H,34,40);1-2H3. The summed E-state index contributed by atoms with van der Waals surface area (Å²) in [6.07, 6.45) is 0. The van der Waals surface area contributed by atoms with Crippen molar-refractivity contribution in [1.29, 1.82) is 0 Å². The van der Waals surface area contributed by atoms with Gasteiger partial charge in [-0.05, 0) is 61.6 Å². The van der Waals surface area contributed by atoms with Gasteiger partial charge in [-0.25, -0.2) is 22.9 Å². The Morgan fingerprint density at radius 1 is 0.841 bits per heavy atom. The van der Waals surface area contributed by atoms with E-state index in [0.29, 0.717) is 33.7 Å². The first kappa shape index (κ1) is 32.3. The van der Waals surface area contributed by atoms with E-state index >= 15 is 0 Å². The molecule has 3 aromatic carbocycles. The Kier molecular flexibility index (Phi) is 10.1. The summed E-state index contributed by atoms with van der Waals surface area (Å²) in [5, 5.41) is 3.09. The smallest absolute Gasteiger partial charge is 0.331 e. The van der Waals surface area contributed by atoms with E-state index in [4.69, 9.17) is 0 Å². The molecule has 2 aromatic heterocycles. The zero-order valence-electron chi connectivity index (χ0n) is 25.5. The van der Waals surface area contributed by atoms with Crippen LogP contribution in [0.2, 0.25) is 0 Å². The highest BCUT2D eigenvalue weighted by Gasteiger charge is 2.25. The number of urea groups is 1. The lowest BCUT2D eigenvalue weighted by atomic mass is 10.1. The van der Waals surface area contributed by atoms with Crippen molar-refractivity contribution >= 4 is 33.3 Å². The highest BCUT2D eigenvalue weighted by molar-refractivity contribution is 7.22. The molecule has 0 saturated carbocycles. The van der Waals surface area contributed by atoms with Gasteiger partial charge in [0.15, 0.2) is 0 Å². The van der Waals surface area contributed by atoms with Crippen molar-refractivity contribution in [3.05, 3.63) is 116 Å². The number of hydrogen-bond acceptors (Lipinski definition) is 5. The Morgan fingerprint density at radius 3 is 2.02 bits per heavy atom. The molecule has 0 radical (unpaired) electrons. The lowest BCUT2D eigenvalue weighted by molar-refractivity contribution is 0.230. The van der Waals surface area contributed by atoms with Crippen molar-refractivity contribution in [2.75, 3.05) is 33.5 Å². The van der Waals surface area contributed by atoms with Gasteiger partial charge in [-0.15, -0.1) is 11.3 Å². The molecule has 0 aliphatic heterocycles. The zero-order chi connectivity index (χ0) is 32.1.